The van der Waals surface area contributed by atoms with Crippen molar-refractivity contribution in [3.8, 4) is 0 Å². The third kappa shape index (κ3) is 2.95. The molecule has 2 aromatic carbocycles. The lowest BCUT2D eigenvalue weighted by Gasteiger charge is -2.07. The van der Waals surface area contributed by atoms with Gasteiger partial charge in [0.05, 0.1) is 17.5 Å². The number of benzene rings is 2. The van der Waals surface area contributed by atoms with Gasteiger partial charge in [-0.1, -0.05) is 48.0 Å². The first-order valence-electron chi connectivity index (χ1n) is 7.78. The highest BCUT2D eigenvalue weighted by atomic mass is 32.2. The van der Waals surface area contributed by atoms with E-state index in [4.69, 9.17) is 4.74 Å². The molecule has 0 aromatic heterocycles. The van der Waals surface area contributed by atoms with Gasteiger partial charge in [-0.15, -0.1) is 0 Å². The molecule has 0 radical (unpaired) electrons. The summed E-state index contributed by atoms with van der Waals surface area (Å²) in [5, 5.41) is 0. The largest absolute Gasteiger partial charge is 0.465 e. The van der Waals surface area contributed by atoms with Crippen molar-refractivity contribution in [1.82, 2.24) is 4.31 Å². The van der Waals surface area contributed by atoms with E-state index >= 15 is 0 Å². The molecule has 5 nitrogen and oxygen atoms in total. The highest BCUT2D eigenvalue weighted by molar-refractivity contribution is 7.89. The summed E-state index contributed by atoms with van der Waals surface area (Å²) in [5.74, 6) is -0.512. The third-order valence-electron chi connectivity index (χ3n) is 4.02. The fourth-order valence-electron chi connectivity index (χ4n) is 2.78. The summed E-state index contributed by atoms with van der Waals surface area (Å²) in [5.41, 5.74) is 1.76. The Labute approximate surface area is 141 Å². The molecule has 1 aliphatic rings. The summed E-state index contributed by atoms with van der Waals surface area (Å²) < 4.78 is 32.1. The van der Waals surface area contributed by atoms with Gasteiger partial charge in [0.1, 0.15) is 6.04 Å². The van der Waals surface area contributed by atoms with E-state index in [1.165, 1.54) is 4.31 Å². The Balaban J connectivity index is 1.97. The molecular weight excluding hydrogens is 326 g/mol. The number of hydrogen-bond donors (Lipinski definition) is 0. The third-order valence-corrected chi connectivity index (χ3v) is 5.90. The highest BCUT2D eigenvalue weighted by Gasteiger charge is 2.61. The van der Waals surface area contributed by atoms with Crippen LogP contribution in [0.4, 0.5) is 0 Å². The van der Waals surface area contributed by atoms with Crippen LogP contribution in [-0.2, 0) is 19.6 Å². The van der Waals surface area contributed by atoms with Gasteiger partial charge in [-0.3, -0.25) is 4.79 Å². The van der Waals surface area contributed by atoms with Crippen molar-refractivity contribution < 1.29 is 17.9 Å². The van der Waals surface area contributed by atoms with E-state index in [1.54, 1.807) is 31.2 Å². The van der Waals surface area contributed by atoms with Gasteiger partial charge >= 0.3 is 5.97 Å². The van der Waals surface area contributed by atoms with E-state index in [9.17, 15) is 13.2 Å². The minimum Gasteiger partial charge on any atom is -0.465 e. The molecule has 1 fully saturated rings. The Hall–Kier alpha value is -2.18. The lowest BCUT2D eigenvalue weighted by atomic mass is 10.1. The van der Waals surface area contributed by atoms with Gasteiger partial charge in [-0.2, -0.15) is 4.31 Å². The molecule has 6 heteroatoms. The number of ether oxygens (including phenoxy) is 1. The van der Waals surface area contributed by atoms with E-state index in [-0.39, 0.29) is 11.5 Å². The Morgan fingerprint density at radius 3 is 2.29 bits per heavy atom. The number of nitrogens with zero attached hydrogens (tertiary/aromatic N) is 1. The molecule has 0 spiro atoms. The van der Waals surface area contributed by atoms with Crippen LogP contribution < -0.4 is 0 Å². The van der Waals surface area contributed by atoms with E-state index in [0.717, 1.165) is 11.1 Å². The first-order valence-corrected chi connectivity index (χ1v) is 9.22. The van der Waals surface area contributed by atoms with Crippen molar-refractivity contribution in [1.29, 1.82) is 0 Å². The van der Waals surface area contributed by atoms with Crippen LogP contribution >= 0.6 is 0 Å². The fourth-order valence-corrected chi connectivity index (χ4v) is 4.49. The van der Waals surface area contributed by atoms with Crippen LogP contribution in [0, 0.1) is 6.92 Å². The Bertz CT molecular complexity index is 831. The Morgan fingerprint density at radius 2 is 1.71 bits per heavy atom. The molecular formula is C18H19NO4S. The molecule has 0 saturated carbocycles. The molecule has 2 aromatic rings. The molecule has 126 valence electrons. The van der Waals surface area contributed by atoms with Gasteiger partial charge in [-0.25, -0.2) is 8.42 Å². The second-order valence-corrected chi connectivity index (χ2v) is 7.54. The molecule has 1 aliphatic heterocycles. The van der Waals surface area contributed by atoms with Crippen LogP contribution in [0.2, 0.25) is 0 Å². The number of aryl methyl sites for hydroxylation is 1. The van der Waals surface area contributed by atoms with Crippen LogP contribution in [0.15, 0.2) is 59.5 Å². The lowest BCUT2D eigenvalue weighted by molar-refractivity contribution is -0.143. The minimum absolute atomic E-state index is 0.181. The van der Waals surface area contributed by atoms with E-state index in [0.29, 0.717) is 0 Å². The average Bonchev–Trinajstić information content (AvgIpc) is 3.33. The molecule has 0 N–H and O–H groups in total. The second kappa shape index (κ2) is 6.37. The van der Waals surface area contributed by atoms with Crippen LogP contribution in [0.3, 0.4) is 0 Å². The first kappa shape index (κ1) is 16.7. The number of sulfonamides is 1. The highest BCUT2D eigenvalue weighted by Crippen LogP contribution is 2.48. The number of rotatable bonds is 5. The van der Waals surface area contributed by atoms with Crippen LogP contribution in [-0.4, -0.2) is 31.3 Å². The maximum absolute atomic E-state index is 12.9. The van der Waals surface area contributed by atoms with Crippen molar-refractivity contribution in [2.45, 2.75) is 30.8 Å². The van der Waals surface area contributed by atoms with Crippen molar-refractivity contribution in [3.63, 3.8) is 0 Å². The molecule has 1 unspecified atom stereocenters. The van der Waals surface area contributed by atoms with Crippen LogP contribution in [0.1, 0.15) is 24.1 Å². The summed E-state index contributed by atoms with van der Waals surface area (Å²) in [6, 6.07) is 14.4. The molecule has 24 heavy (non-hydrogen) atoms. The quantitative estimate of drug-likeness (QED) is 0.617. The number of carbonyl (C=O) groups is 1. The van der Waals surface area contributed by atoms with Gasteiger partial charge in [-0.05, 0) is 31.5 Å². The van der Waals surface area contributed by atoms with Gasteiger partial charge < -0.3 is 4.74 Å². The molecule has 3 atom stereocenters. The normalized spacial score (nSPS) is 22.8. The summed E-state index contributed by atoms with van der Waals surface area (Å²) in [6.45, 7) is 3.81. The van der Waals surface area contributed by atoms with Gasteiger partial charge in [0.2, 0.25) is 10.0 Å². The van der Waals surface area contributed by atoms with Crippen LogP contribution in [0.25, 0.3) is 0 Å². The Kier molecular flexibility index (Phi) is 4.43. The zero-order valence-corrected chi connectivity index (χ0v) is 14.4. The monoisotopic (exact) mass is 345 g/mol. The lowest BCUT2D eigenvalue weighted by Crippen LogP contribution is -2.21. The minimum atomic E-state index is -3.76. The number of esters is 1. The fraction of sp³-hybridized carbons (Fsp3) is 0.278. The standard InChI is InChI=1S/C18H19NO4S/c1-3-23-18(20)17-16(14-7-5-4-6-8-14)19(17)24(21,22)15-11-9-13(2)10-12-15/h4-12,16-17H,3H2,1-2H3/t16-,17+,19?/m0/s1. The van der Waals surface area contributed by atoms with E-state index < -0.39 is 28.1 Å². The molecule has 3 rings (SSSR count). The average molecular weight is 345 g/mol. The van der Waals surface area contributed by atoms with Crippen molar-refractivity contribution in [2.24, 2.45) is 0 Å². The van der Waals surface area contributed by atoms with E-state index in [2.05, 4.69) is 0 Å². The van der Waals surface area contributed by atoms with Gasteiger partial charge in [0.25, 0.3) is 0 Å². The second-order valence-electron chi connectivity index (χ2n) is 5.70. The topological polar surface area (TPSA) is 63.5 Å². The van der Waals surface area contributed by atoms with Crippen molar-refractivity contribution in [3.05, 3.63) is 65.7 Å². The molecule has 0 amide bonds. The zero-order valence-electron chi connectivity index (χ0n) is 13.5. The number of hydrogen-bond acceptors (Lipinski definition) is 4. The van der Waals surface area contributed by atoms with E-state index in [1.807, 2.05) is 37.3 Å². The summed E-state index contributed by atoms with van der Waals surface area (Å²) in [7, 11) is -3.76. The van der Waals surface area contributed by atoms with Crippen molar-refractivity contribution in [2.75, 3.05) is 6.61 Å². The molecule has 0 bridgehead atoms. The predicted molar refractivity (Wildman–Crippen MR) is 89.8 cm³/mol. The molecule has 1 saturated heterocycles. The van der Waals surface area contributed by atoms with Gasteiger partial charge in [0, 0.05) is 0 Å². The number of carbonyl (C=O) groups excluding carboxylic acids is 1. The Morgan fingerprint density at radius 1 is 1.08 bits per heavy atom. The first-order chi connectivity index (χ1) is 11.5. The van der Waals surface area contributed by atoms with Gasteiger partial charge in [0.15, 0.2) is 0 Å². The summed E-state index contributed by atoms with van der Waals surface area (Å²) >= 11 is 0. The molecule has 1 heterocycles. The zero-order chi connectivity index (χ0) is 17.3. The predicted octanol–water partition coefficient (Wildman–Crippen LogP) is 2.67. The summed E-state index contributed by atoms with van der Waals surface area (Å²) in [4.78, 5) is 12.4. The maximum atomic E-state index is 12.9. The summed E-state index contributed by atoms with van der Waals surface area (Å²) in [6.07, 6.45) is 0. The smallest absolute Gasteiger partial charge is 0.326 e. The van der Waals surface area contributed by atoms with Crippen LogP contribution in [0.5, 0.6) is 0 Å². The molecule has 0 aliphatic carbocycles. The van der Waals surface area contributed by atoms with Crippen molar-refractivity contribution >= 4 is 16.0 Å². The SMILES string of the molecule is CCOC(=O)[C@H]1[C@H](c2ccccc2)N1S(=O)(=O)c1ccc(C)cc1. The maximum Gasteiger partial charge on any atom is 0.326 e.